The van der Waals surface area contributed by atoms with Crippen LogP contribution in [0, 0.1) is 5.92 Å². The molecule has 1 rings (SSSR count). The maximum atomic E-state index is 11.3. The van der Waals surface area contributed by atoms with Gasteiger partial charge in [0.25, 0.3) is 0 Å². The summed E-state index contributed by atoms with van der Waals surface area (Å²) >= 11 is 0. The van der Waals surface area contributed by atoms with E-state index in [2.05, 4.69) is 22.6 Å². The normalized spacial score (nSPS) is 24.8. The van der Waals surface area contributed by atoms with Crippen molar-refractivity contribution in [3.63, 3.8) is 0 Å². The lowest BCUT2D eigenvalue weighted by atomic mass is 10.0. The first-order chi connectivity index (χ1) is 8.08. The molecule has 2 amide bonds. The number of aliphatic carboxylic acids is 1. The Kier molecular flexibility index (Phi) is 5.76. The molecule has 1 aliphatic carbocycles. The second-order valence-electron chi connectivity index (χ2n) is 4.57. The van der Waals surface area contributed by atoms with Crippen LogP contribution in [-0.2, 0) is 9.63 Å². The largest absolute Gasteiger partial charge is 0.479 e. The number of carbonyl (C=O) groups is 2. The summed E-state index contributed by atoms with van der Waals surface area (Å²) in [5.74, 6) is -0.401. The third kappa shape index (κ3) is 6.11. The van der Waals surface area contributed by atoms with Gasteiger partial charge < -0.3 is 10.4 Å². The molecule has 0 aromatic heterocycles. The predicted octanol–water partition coefficient (Wildman–Crippen LogP) is 1.27. The lowest BCUT2D eigenvalue weighted by Crippen LogP contribution is -2.42. The van der Waals surface area contributed by atoms with Gasteiger partial charge in [-0.2, -0.15) is 0 Å². The van der Waals surface area contributed by atoms with Gasteiger partial charge in [-0.1, -0.05) is 19.8 Å². The van der Waals surface area contributed by atoms with Crippen LogP contribution in [-0.4, -0.2) is 29.8 Å². The summed E-state index contributed by atoms with van der Waals surface area (Å²) in [5.41, 5.74) is 2.06. The first-order valence-corrected chi connectivity index (χ1v) is 5.98. The average molecular weight is 244 g/mol. The number of carboxylic acid groups (broad SMARTS) is 1. The van der Waals surface area contributed by atoms with E-state index in [1.54, 1.807) is 0 Å². The minimum atomic E-state index is -1.12. The van der Waals surface area contributed by atoms with Crippen molar-refractivity contribution >= 4 is 12.0 Å². The molecule has 0 saturated heterocycles. The average Bonchev–Trinajstić information content (AvgIpc) is 2.43. The van der Waals surface area contributed by atoms with Gasteiger partial charge in [-0.25, -0.2) is 15.1 Å². The second-order valence-corrected chi connectivity index (χ2v) is 4.57. The Morgan fingerprint density at radius 3 is 2.76 bits per heavy atom. The fraction of sp³-hybridized carbons (Fsp3) is 0.818. The van der Waals surface area contributed by atoms with Crippen LogP contribution in [0.2, 0.25) is 0 Å². The van der Waals surface area contributed by atoms with E-state index in [9.17, 15) is 9.59 Å². The third-order valence-corrected chi connectivity index (χ3v) is 2.95. The fourth-order valence-corrected chi connectivity index (χ4v) is 2.01. The number of hydrogen-bond acceptors (Lipinski definition) is 3. The van der Waals surface area contributed by atoms with E-state index in [0.717, 1.165) is 25.7 Å². The summed E-state index contributed by atoms with van der Waals surface area (Å²) in [6.45, 7) is 1.69. The number of amides is 2. The lowest BCUT2D eigenvalue weighted by molar-refractivity contribution is -0.144. The van der Waals surface area contributed by atoms with Gasteiger partial charge in [0.05, 0.1) is 0 Å². The molecule has 6 nitrogen and oxygen atoms in total. The first-order valence-electron chi connectivity index (χ1n) is 5.98. The molecular weight excluding hydrogens is 224 g/mol. The summed E-state index contributed by atoms with van der Waals surface area (Å²) in [7, 11) is 0. The molecule has 0 spiro atoms. The minimum absolute atomic E-state index is 0.161. The Bertz CT molecular complexity index is 270. The van der Waals surface area contributed by atoms with Crippen LogP contribution in [0.15, 0.2) is 0 Å². The van der Waals surface area contributed by atoms with E-state index in [4.69, 9.17) is 5.11 Å². The first kappa shape index (κ1) is 13.8. The molecule has 0 heterocycles. The van der Waals surface area contributed by atoms with Gasteiger partial charge in [-0.15, -0.1) is 0 Å². The Balaban J connectivity index is 2.18. The third-order valence-electron chi connectivity index (χ3n) is 2.95. The SMILES string of the molecule is CC1CCCC(NC(=O)NOCC(=O)O)CC1. The van der Waals surface area contributed by atoms with E-state index in [1.807, 2.05) is 0 Å². The van der Waals surface area contributed by atoms with Gasteiger partial charge in [0.2, 0.25) is 0 Å². The number of rotatable bonds is 4. The molecule has 1 aliphatic rings. The van der Waals surface area contributed by atoms with Gasteiger partial charge in [-0.3, -0.25) is 4.84 Å². The molecule has 0 aromatic carbocycles. The van der Waals surface area contributed by atoms with Crippen LogP contribution in [0.3, 0.4) is 0 Å². The zero-order valence-electron chi connectivity index (χ0n) is 10.1. The van der Waals surface area contributed by atoms with Gasteiger partial charge in [0, 0.05) is 6.04 Å². The van der Waals surface area contributed by atoms with Crippen LogP contribution in [0.4, 0.5) is 4.79 Å². The molecule has 1 fully saturated rings. The maximum absolute atomic E-state index is 11.3. The number of carboxylic acids is 1. The molecule has 17 heavy (non-hydrogen) atoms. The second kappa shape index (κ2) is 7.11. The number of urea groups is 1. The quantitative estimate of drug-likeness (QED) is 0.513. The Labute approximate surface area is 101 Å². The number of hydrogen-bond donors (Lipinski definition) is 3. The summed E-state index contributed by atoms with van der Waals surface area (Å²) in [6.07, 6.45) is 5.36. The lowest BCUT2D eigenvalue weighted by Gasteiger charge is -2.16. The molecule has 0 aliphatic heterocycles. The molecule has 0 radical (unpaired) electrons. The van der Waals surface area contributed by atoms with E-state index in [0.29, 0.717) is 5.92 Å². The molecule has 98 valence electrons. The fourth-order valence-electron chi connectivity index (χ4n) is 2.01. The van der Waals surface area contributed by atoms with E-state index in [1.165, 1.54) is 6.42 Å². The van der Waals surface area contributed by atoms with Crippen molar-refractivity contribution in [2.24, 2.45) is 5.92 Å². The van der Waals surface area contributed by atoms with Crippen LogP contribution in [0.1, 0.15) is 39.0 Å². The molecule has 0 bridgehead atoms. The van der Waals surface area contributed by atoms with E-state index in [-0.39, 0.29) is 6.04 Å². The number of hydroxylamine groups is 1. The minimum Gasteiger partial charge on any atom is -0.479 e. The summed E-state index contributed by atoms with van der Waals surface area (Å²) in [6, 6.07) is -0.306. The molecular formula is C11H20N2O4. The van der Waals surface area contributed by atoms with Crippen molar-refractivity contribution < 1.29 is 19.5 Å². The summed E-state index contributed by atoms with van der Waals surface area (Å²) in [5, 5.41) is 11.1. The van der Waals surface area contributed by atoms with Crippen molar-refractivity contribution in [2.45, 2.75) is 45.1 Å². The Morgan fingerprint density at radius 2 is 2.06 bits per heavy atom. The Morgan fingerprint density at radius 1 is 1.29 bits per heavy atom. The highest BCUT2D eigenvalue weighted by molar-refractivity contribution is 5.73. The van der Waals surface area contributed by atoms with Crippen molar-refractivity contribution in [1.29, 1.82) is 0 Å². The van der Waals surface area contributed by atoms with Crippen LogP contribution in [0.5, 0.6) is 0 Å². The molecule has 0 aromatic rings. The topological polar surface area (TPSA) is 87.7 Å². The molecule has 6 heteroatoms. The summed E-state index contributed by atoms with van der Waals surface area (Å²) < 4.78 is 0. The molecule has 2 unspecified atom stereocenters. The predicted molar refractivity (Wildman–Crippen MR) is 61.3 cm³/mol. The smallest absolute Gasteiger partial charge is 0.338 e. The van der Waals surface area contributed by atoms with Crippen LogP contribution in [0.25, 0.3) is 0 Å². The van der Waals surface area contributed by atoms with Crippen molar-refractivity contribution in [3.8, 4) is 0 Å². The highest BCUT2D eigenvalue weighted by Gasteiger charge is 2.17. The van der Waals surface area contributed by atoms with E-state index < -0.39 is 18.6 Å². The number of nitrogens with one attached hydrogen (secondary N) is 2. The molecule has 2 atom stereocenters. The zero-order valence-corrected chi connectivity index (χ0v) is 10.1. The van der Waals surface area contributed by atoms with E-state index >= 15 is 0 Å². The van der Waals surface area contributed by atoms with Crippen molar-refractivity contribution in [3.05, 3.63) is 0 Å². The standard InChI is InChI=1S/C11H20N2O4/c1-8-3-2-4-9(6-5-8)12-11(16)13-17-7-10(14)15/h8-9H,2-7H2,1H3,(H,14,15)(H2,12,13,16). The maximum Gasteiger partial charge on any atom is 0.338 e. The van der Waals surface area contributed by atoms with Gasteiger partial charge in [0.1, 0.15) is 0 Å². The zero-order chi connectivity index (χ0) is 12.7. The van der Waals surface area contributed by atoms with Gasteiger partial charge >= 0.3 is 12.0 Å². The molecule has 1 saturated carbocycles. The van der Waals surface area contributed by atoms with Crippen molar-refractivity contribution in [1.82, 2.24) is 10.8 Å². The monoisotopic (exact) mass is 244 g/mol. The van der Waals surface area contributed by atoms with Crippen molar-refractivity contribution in [2.75, 3.05) is 6.61 Å². The molecule has 3 N–H and O–H groups in total. The highest BCUT2D eigenvalue weighted by atomic mass is 16.7. The Hall–Kier alpha value is -1.30. The van der Waals surface area contributed by atoms with Crippen LogP contribution < -0.4 is 10.8 Å². The summed E-state index contributed by atoms with van der Waals surface area (Å²) in [4.78, 5) is 26.0. The van der Waals surface area contributed by atoms with Gasteiger partial charge in [0.15, 0.2) is 6.61 Å². The van der Waals surface area contributed by atoms with Crippen LogP contribution >= 0.6 is 0 Å². The van der Waals surface area contributed by atoms with Gasteiger partial charge in [-0.05, 0) is 25.2 Å². The number of carbonyl (C=O) groups excluding carboxylic acids is 1. The highest BCUT2D eigenvalue weighted by Crippen LogP contribution is 2.22.